The van der Waals surface area contributed by atoms with Crippen molar-refractivity contribution >= 4 is 37.5 Å². The van der Waals surface area contributed by atoms with Gasteiger partial charge in [-0.25, -0.2) is 8.42 Å². The maximum absolute atomic E-state index is 12.8. The van der Waals surface area contributed by atoms with E-state index in [2.05, 4.69) is 21.2 Å². The number of hydrogen-bond donors (Lipinski definition) is 2. The van der Waals surface area contributed by atoms with Crippen LogP contribution >= 0.6 is 15.9 Å². The quantitative estimate of drug-likeness (QED) is 0.802. The van der Waals surface area contributed by atoms with Crippen LogP contribution in [0.25, 0.3) is 0 Å². The van der Waals surface area contributed by atoms with E-state index in [1.54, 1.807) is 12.1 Å². The Labute approximate surface area is 138 Å². The molecule has 0 spiro atoms. The van der Waals surface area contributed by atoms with Crippen molar-refractivity contribution in [3.8, 4) is 0 Å². The summed E-state index contributed by atoms with van der Waals surface area (Å²) in [6.45, 7) is 0.860. The van der Waals surface area contributed by atoms with E-state index in [9.17, 15) is 13.2 Å². The van der Waals surface area contributed by atoms with Crippen LogP contribution in [-0.2, 0) is 21.2 Å². The molecule has 2 aliphatic rings. The van der Waals surface area contributed by atoms with Gasteiger partial charge in [-0.2, -0.15) is 4.31 Å². The molecule has 8 heteroatoms. The van der Waals surface area contributed by atoms with E-state index in [0.717, 1.165) is 5.56 Å². The van der Waals surface area contributed by atoms with Gasteiger partial charge in [0, 0.05) is 35.7 Å². The lowest BCUT2D eigenvalue weighted by atomic mass is 10.0. The molecule has 3 rings (SSSR count). The van der Waals surface area contributed by atoms with Crippen LogP contribution in [0.3, 0.4) is 0 Å². The number of anilines is 1. The van der Waals surface area contributed by atoms with Crippen LogP contribution in [0, 0.1) is 0 Å². The Hall–Kier alpha value is -0.960. The van der Waals surface area contributed by atoms with Gasteiger partial charge in [-0.3, -0.25) is 4.79 Å². The van der Waals surface area contributed by atoms with E-state index in [4.69, 9.17) is 5.73 Å². The van der Waals surface area contributed by atoms with E-state index in [-0.39, 0.29) is 16.8 Å². The topological polar surface area (TPSA) is 92.5 Å². The minimum atomic E-state index is -3.59. The van der Waals surface area contributed by atoms with Gasteiger partial charge >= 0.3 is 0 Å². The minimum Gasteiger partial charge on any atom is -0.328 e. The first-order chi connectivity index (χ1) is 10.4. The molecule has 2 heterocycles. The van der Waals surface area contributed by atoms with Gasteiger partial charge in [0.05, 0.1) is 4.90 Å². The largest absolute Gasteiger partial charge is 0.328 e. The lowest BCUT2D eigenvalue weighted by Gasteiger charge is -2.30. The number of carbonyl (C=O) groups excluding carboxylic acids is 1. The highest BCUT2D eigenvalue weighted by Gasteiger charge is 2.31. The van der Waals surface area contributed by atoms with Crippen molar-refractivity contribution in [2.45, 2.75) is 36.6 Å². The van der Waals surface area contributed by atoms with E-state index < -0.39 is 10.0 Å². The number of fused-ring (bicyclic) bond motifs is 1. The number of benzene rings is 1. The summed E-state index contributed by atoms with van der Waals surface area (Å²) in [5, 5.41) is 2.75. The van der Waals surface area contributed by atoms with Gasteiger partial charge in [0.25, 0.3) is 0 Å². The molecule has 2 aliphatic heterocycles. The smallest absolute Gasteiger partial charge is 0.244 e. The lowest BCUT2D eigenvalue weighted by molar-refractivity contribution is -0.116. The summed E-state index contributed by atoms with van der Waals surface area (Å²) in [7, 11) is -3.59. The number of carbonyl (C=O) groups is 1. The van der Waals surface area contributed by atoms with Gasteiger partial charge in [-0.1, -0.05) is 0 Å². The van der Waals surface area contributed by atoms with Gasteiger partial charge in [0.1, 0.15) is 0 Å². The number of halogens is 1. The van der Waals surface area contributed by atoms with Gasteiger partial charge in [-0.05, 0) is 52.9 Å². The summed E-state index contributed by atoms with van der Waals surface area (Å²) in [4.78, 5) is 11.7. The van der Waals surface area contributed by atoms with Crippen LogP contribution in [0.15, 0.2) is 21.5 Å². The first-order valence-electron chi connectivity index (χ1n) is 7.26. The van der Waals surface area contributed by atoms with Gasteiger partial charge in [-0.15, -0.1) is 0 Å². The number of nitrogens with zero attached hydrogens (tertiary/aromatic N) is 1. The molecule has 1 fully saturated rings. The van der Waals surface area contributed by atoms with Gasteiger partial charge in [0.15, 0.2) is 0 Å². The first kappa shape index (κ1) is 15.9. The molecule has 0 bridgehead atoms. The van der Waals surface area contributed by atoms with E-state index in [1.165, 1.54) is 4.31 Å². The molecule has 1 aromatic carbocycles. The minimum absolute atomic E-state index is 0.0673. The third-order valence-electron chi connectivity index (χ3n) is 4.17. The third kappa shape index (κ3) is 2.92. The van der Waals surface area contributed by atoms with Gasteiger partial charge in [0.2, 0.25) is 15.9 Å². The number of piperidine rings is 1. The number of sulfonamides is 1. The number of aryl methyl sites for hydroxylation is 1. The molecular formula is C14H18BrN3O3S. The van der Waals surface area contributed by atoms with E-state index >= 15 is 0 Å². The zero-order valence-corrected chi connectivity index (χ0v) is 14.4. The molecule has 0 saturated carbocycles. The normalized spacial score (nSPS) is 20.5. The fourth-order valence-electron chi connectivity index (χ4n) is 2.83. The van der Waals surface area contributed by atoms with Crippen LogP contribution in [0.1, 0.15) is 24.8 Å². The highest BCUT2D eigenvalue weighted by atomic mass is 79.9. The van der Waals surface area contributed by atoms with Crippen molar-refractivity contribution in [3.63, 3.8) is 0 Å². The molecule has 22 heavy (non-hydrogen) atoms. The van der Waals surface area contributed by atoms with Crippen molar-refractivity contribution in [3.05, 3.63) is 22.2 Å². The summed E-state index contributed by atoms with van der Waals surface area (Å²) in [5.41, 5.74) is 7.38. The zero-order chi connectivity index (χ0) is 15.9. The Morgan fingerprint density at radius 3 is 2.59 bits per heavy atom. The second-order valence-electron chi connectivity index (χ2n) is 5.73. The summed E-state index contributed by atoms with van der Waals surface area (Å²) in [6, 6.07) is 3.41. The summed E-state index contributed by atoms with van der Waals surface area (Å²) in [6.07, 6.45) is 2.38. The number of rotatable bonds is 2. The Kier molecular flexibility index (Phi) is 4.28. The molecule has 1 aromatic rings. The molecule has 120 valence electrons. The highest BCUT2D eigenvalue weighted by molar-refractivity contribution is 9.10. The first-order valence-corrected chi connectivity index (χ1v) is 9.49. The van der Waals surface area contributed by atoms with Crippen molar-refractivity contribution < 1.29 is 13.2 Å². The van der Waals surface area contributed by atoms with E-state index in [0.29, 0.717) is 48.9 Å². The molecule has 3 N–H and O–H groups in total. The summed E-state index contributed by atoms with van der Waals surface area (Å²) < 4.78 is 27.7. The zero-order valence-electron chi connectivity index (χ0n) is 12.0. The SMILES string of the molecule is NC1CCN(S(=O)(=O)c2cc3c(cc2Br)CCC(=O)N3)CC1. The lowest BCUT2D eigenvalue weighted by Crippen LogP contribution is -2.42. The Morgan fingerprint density at radius 1 is 1.23 bits per heavy atom. The molecular weight excluding hydrogens is 370 g/mol. The van der Waals surface area contributed by atoms with Crippen LogP contribution in [0.4, 0.5) is 5.69 Å². The standard InChI is InChI=1S/C14H18BrN3O3S/c15-11-7-9-1-2-14(19)17-12(9)8-13(11)22(20,21)18-5-3-10(16)4-6-18/h7-8,10H,1-6,16H2,(H,17,19). The molecule has 0 radical (unpaired) electrons. The number of hydrogen-bond acceptors (Lipinski definition) is 4. The predicted molar refractivity (Wildman–Crippen MR) is 87.1 cm³/mol. The predicted octanol–water partition coefficient (Wildman–Crippen LogP) is 1.45. The Bertz CT molecular complexity index is 712. The van der Waals surface area contributed by atoms with Gasteiger partial charge < -0.3 is 11.1 Å². The second kappa shape index (κ2) is 5.92. The maximum atomic E-state index is 12.8. The van der Waals surface area contributed by atoms with Crippen molar-refractivity contribution in [1.29, 1.82) is 0 Å². The molecule has 0 unspecified atom stereocenters. The summed E-state index contributed by atoms with van der Waals surface area (Å²) >= 11 is 3.36. The van der Waals surface area contributed by atoms with Crippen LogP contribution < -0.4 is 11.1 Å². The van der Waals surface area contributed by atoms with Crippen LogP contribution in [0.5, 0.6) is 0 Å². The fourth-order valence-corrected chi connectivity index (χ4v) is 5.38. The molecule has 0 atom stereocenters. The van der Waals surface area contributed by atoms with Crippen molar-refractivity contribution in [2.75, 3.05) is 18.4 Å². The number of nitrogens with two attached hydrogens (primary N) is 1. The average molecular weight is 388 g/mol. The van der Waals surface area contributed by atoms with Crippen LogP contribution in [0.2, 0.25) is 0 Å². The highest BCUT2D eigenvalue weighted by Crippen LogP contribution is 2.34. The van der Waals surface area contributed by atoms with Crippen molar-refractivity contribution in [2.24, 2.45) is 5.73 Å². The molecule has 6 nitrogen and oxygen atoms in total. The van der Waals surface area contributed by atoms with E-state index in [1.807, 2.05) is 0 Å². The second-order valence-corrected chi connectivity index (χ2v) is 8.49. The number of nitrogens with one attached hydrogen (secondary N) is 1. The van der Waals surface area contributed by atoms with Crippen molar-refractivity contribution in [1.82, 2.24) is 4.31 Å². The molecule has 0 aromatic heterocycles. The Balaban J connectivity index is 1.97. The third-order valence-corrected chi connectivity index (χ3v) is 7.03. The molecule has 1 saturated heterocycles. The monoisotopic (exact) mass is 387 g/mol. The number of amides is 1. The molecule has 1 amide bonds. The Morgan fingerprint density at radius 2 is 1.91 bits per heavy atom. The maximum Gasteiger partial charge on any atom is 0.244 e. The fraction of sp³-hybridized carbons (Fsp3) is 0.500. The average Bonchev–Trinajstić information content (AvgIpc) is 2.47. The molecule has 0 aliphatic carbocycles. The summed E-state index contributed by atoms with van der Waals surface area (Å²) in [5.74, 6) is -0.0814. The van der Waals surface area contributed by atoms with Crippen LogP contribution in [-0.4, -0.2) is 37.8 Å².